The van der Waals surface area contributed by atoms with Gasteiger partial charge in [-0.15, -0.1) is 0 Å². The second-order valence-corrected chi connectivity index (χ2v) is 5.13. The molecule has 0 fully saturated rings. The highest BCUT2D eigenvalue weighted by Crippen LogP contribution is 2.30. The molecule has 112 valence electrons. The quantitative estimate of drug-likeness (QED) is 0.830. The molecule has 6 heteroatoms. The van der Waals surface area contributed by atoms with E-state index in [0.717, 1.165) is 4.47 Å². The highest BCUT2D eigenvalue weighted by Gasteiger charge is 2.11. The number of rotatable bonds is 6. The zero-order valence-corrected chi connectivity index (χ0v) is 13.5. The lowest BCUT2D eigenvalue weighted by atomic mass is 10.2. The van der Waals surface area contributed by atoms with Crippen molar-refractivity contribution in [2.45, 2.75) is 13.8 Å². The van der Waals surface area contributed by atoms with Crippen molar-refractivity contribution in [1.29, 1.82) is 0 Å². The molecular formula is C15H17BrN2O3. The molecule has 21 heavy (non-hydrogen) atoms. The summed E-state index contributed by atoms with van der Waals surface area (Å²) < 4.78 is 11.8. The third kappa shape index (κ3) is 4.01. The minimum Gasteiger partial charge on any atom is -0.490 e. The van der Waals surface area contributed by atoms with Crippen molar-refractivity contribution in [3.05, 3.63) is 40.6 Å². The zero-order valence-electron chi connectivity index (χ0n) is 11.9. The van der Waals surface area contributed by atoms with Gasteiger partial charge in [-0.3, -0.25) is 4.79 Å². The summed E-state index contributed by atoms with van der Waals surface area (Å²) in [5, 5.41) is 2.81. The van der Waals surface area contributed by atoms with Crippen LogP contribution in [0.3, 0.4) is 0 Å². The number of H-pyrrole nitrogens is 1. The number of aromatic nitrogens is 1. The average Bonchev–Trinajstić information content (AvgIpc) is 2.89. The number of anilines is 1. The Morgan fingerprint density at radius 3 is 2.52 bits per heavy atom. The third-order valence-electron chi connectivity index (χ3n) is 2.69. The van der Waals surface area contributed by atoms with Crippen LogP contribution in [-0.2, 0) is 0 Å². The van der Waals surface area contributed by atoms with E-state index in [1.165, 1.54) is 0 Å². The minimum atomic E-state index is -0.215. The Kier molecular flexibility index (Phi) is 5.27. The molecule has 0 radical (unpaired) electrons. The van der Waals surface area contributed by atoms with E-state index < -0.39 is 0 Å². The molecule has 0 aliphatic rings. The van der Waals surface area contributed by atoms with Crippen molar-refractivity contribution in [2.75, 3.05) is 18.5 Å². The second-order valence-electron chi connectivity index (χ2n) is 4.21. The van der Waals surface area contributed by atoms with Gasteiger partial charge in [-0.05, 0) is 48.0 Å². The molecule has 2 N–H and O–H groups in total. The van der Waals surface area contributed by atoms with Gasteiger partial charge in [0.2, 0.25) is 0 Å². The second kappa shape index (κ2) is 7.17. The monoisotopic (exact) mass is 352 g/mol. The Balaban J connectivity index is 2.16. The Bertz CT molecular complexity index is 625. The summed E-state index contributed by atoms with van der Waals surface area (Å²) in [5.74, 6) is 1.07. The standard InChI is InChI=1S/C15H17BrN2O3/c1-3-20-13-6-5-11(8-14(13)21-4-2)18-15(19)12-7-10(16)9-17-12/h5-9,17H,3-4H2,1-2H3,(H,18,19). The van der Waals surface area contributed by atoms with Crippen LogP contribution in [0.1, 0.15) is 24.3 Å². The van der Waals surface area contributed by atoms with E-state index in [1.807, 2.05) is 13.8 Å². The molecule has 1 aromatic carbocycles. The van der Waals surface area contributed by atoms with E-state index >= 15 is 0 Å². The van der Waals surface area contributed by atoms with Gasteiger partial charge in [-0.1, -0.05) is 0 Å². The van der Waals surface area contributed by atoms with Gasteiger partial charge in [0.25, 0.3) is 5.91 Å². The smallest absolute Gasteiger partial charge is 0.272 e. The first kappa shape index (κ1) is 15.4. The fourth-order valence-electron chi connectivity index (χ4n) is 1.83. The molecule has 0 unspecified atom stereocenters. The molecule has 0 atom stereocenters. The molecule has 0 aliphatic heterocycles. The number of hydrogen-bond acceptors (Lipinski definition) is 3. The van der Waals surface area contributed by atoms with Crippen molar-refractivity contribution in [3.63, 3.8) is 0 Å². The Morgan fingerprint density at radius 2 is 1.90 bits per heavy atom. The van der Waals surface area contributed by atoms with E-state index in [4.69, 9.17) is 9.47 Å². The van der Waals surface area contributed by atoms with Gasteiger partial charge in [-0.25, -0.2) is 0 Å². The van der Waals surface area contributed by atoms with Crippen LogP contribution in [0, 0.1) is 0 Å². The van der Waals surface area contributed by atoms with Crippen molar-refractivity contribution in [2.24, 2.45) is 0 Å². The topological polar surface area (TPSA) is 63.3 Å². The summed E-state index contributed by atoms with van der Waals surface area (Å²) in [5.41, 5.74) is 1.13. The molecule has 0 saturated heterocycles. The lowest BCUT2D eigenvalue weighted by molar-refractivity contribution is 0.102. The van der Waals surface area contributed by atoms with E-state index in [-0.39, 0.29) is 5.91 Å². The Labute approximate surface area is 131 Å². The maximum Gasteiger partial charge on any atom is 0.272 e. The molecular weight excluding hydrogens is 336 g/mol. The summed E-state index contributed by atoms with van der Waals surface area (Å²) >= 11 is 3.30. The average molecular weight is 353 g/mol. The van der Waals surface area contributed by atoms with Crippen molar-refractivity contribution >= 4 is 27.5 Å². The highest BCUT2D eigenvalue weighted by molar-refractivity contribution is 9.10. The number of hydrogen-bond donors (Lipinski definition) is 2. The number of ether oxygens (including phenoxy) is 2. The van der Waals surface area contributed by atoms with E-state index in [2.05, 4.69) is 26.2 Å². The predicted octanol–water partition coefficient (Wildman–Crippen LogP) is 3.83. The highest BCUT2D eigenvalue weighted by atomic mass is 79.9. The van der Waals surface area contributed by atoms with Crippen LogP contribution in [-0.4, -0.2) is 24.1 Å². The first-order chi connectivity index (χ1) is 10.1. The number of halogens is 1. The van der Waals surface area contributed by atoms with Crippen molar-refractivity contribution in [1.82, 2.24) is 4.98 Å². The predicted molar refractivity (Wildman–Crippen MR) is 85.2 cm³/mol. The number of nitrogens with one attached hydrogen (secondary N) is 2. The lowest BCUT2D eigenvalue weighted by Crippen LogP contribution is -2.12. The molecule has 0 aliphatic carbocycles. The molecule has 2 aromatic rings. The van der Waals surface area contributed by atoms with Crippen LogP contribution in [0.4, 0.5) is 5.69 Å². The van der Waals surface area contributed by atoms with E-state index in [0.29, 0.717) is 36.1 Å². The van der Waals surface area contributed by atoms with Gasteiger partial charge in [-0.2, -0.15) is 0 Å². The zero-order chi connectivity index (χ0) is 15.2. The van der Waals surface area contributed by atoms with Gasteiger partial charge in [0.1, 0.15) is 5.69 Å². The van der Waals surface area contributed by atoms with Crippen LogP contribution in [0.15, 0.2) is 34.9 Å². The number of carbonyl (C=O) groups is 1. The maximum absolute atomic E-state index is 12.1. The van der Waals surface area contributed by atoms with Crippen LogP contribution in [0.2, 0.25) is 0 Å². The van der Waals surface area contributed by atoms with E-state index in [1.54, 1.807) is 30.5 Å². The third-order valence-corrected chi connectivity index (χ3v) is 3.15. The normalized spacial score (nSPS) is 10.2. The molecule has 1 heterocycles. The van der Waals surface area contributed by atoms with E-state index in [9.17, 15) is 4.79 Å². The summed E-state index contributed by atoms with van der Waals surface area (Å²) in [6.07, 6.45) is 1.71. The van der Waals surface area contributed by atoms with Gasteiger partial charge in [0, 0.05) is 22.4 Å². The summed E-state index contributed by atoms with van der Waals surface area (Å²) in [6, 6.07) is 7.04. The molecule has 5 nitrogen and oxygen atoms in total. The van der Waals surface area contributed by atoms with Gasteiger partial charge >= 0.3 is 0 Å². The Morgan fingerprint density at radius 1 is 1.19 bits per heavy atom. The molecule has 0 bridgehead atoms. The van der Waals surface area contributed by atoms with Crippen molar-refractivity contribution in [3.8, 4) is 11.5 Å². The van der Waals surface area contributed by atoms with Gasteiger partial charge < -0.3 is 19.8 Å². The molecule has 1 amide bonds. The van der Waals surface area contributed by atoms with Crippen LogP contribution < -0.4 is 14.8 Å². The largest absolute Gasteiger partial charge is 0.490 e. The minimum absolute atomic E-state index is 0.215. The number of benzene rings is 1. The maximum atomic E-state index is 12.1. The van der Waals surface area contributed by atoms with Crippen LogP contribution >= 0.6 is 15.9 Å². The van der Waals surface area contributed by atoms with Gasteiger partial charge in [0.15, 0.2) is 11.5 Å². The fraction of sp³-hybridized carbons (Fsp3) is 0.267. The Hall–Kier alpha value is -1.95. The lowest BCUT2D eigenvalue weighted by Gasteiger charge is -2.12. The number of aromatic amines is 1. The van der Waals surface area contributed by atoms with Crippen LogP contribution in [0.25, 0.3) is 0 Å². The first-order valence-corrected chi connectivity index (χ1v) is 7.48. The fourth-order valence-corrected chi connectivity index (χ4v) is 2.17. The summed E-state index contributed by atoms with van der Waals surface area (Å²) in [4.78, 5) is 15.0. The molecule has 1 aromatic heterocycles. The first-order valence-electron chi connectivity index (χ1n) is 6.69. The SMILES string of the molecule is CCOc1ccc(NC(=O)c2cc(Br)c[nH]2)cc1OCC. The van der Waals surface area contributed by atoms with Crippen molar-refractivity contribution < 1.29 is 14.3 Å². The molecule has 2 rings (SSSR count). The molecule has 0 spiro atoms. The number of carbonyl (C=O) groups excluding carboxylic acids is 1. The summed E-state index contributed by atoms with van der Waals surface area (Å²) in [6.45, 7) is 4.90. The summed E-state index contributed by atoms with van der Waals surface area (Å²) in [7, 11) is 0. The van der Waals surface area contributed by atoms with Gasteiger partial charge in [0.05, 0.1) is 13.2 Å². The molecule has 0 saturated carbocycles. The van der Waals surface area contributed by atoms with Crippen LogP contribution in [0.5, 0.6) is 11.5 Å². The number of amides is 1.